The molecule has 0 amide bonds. The van der Waals surface area contributed by atoms with E-state index in [9.17, 15) is 4.79 Å². The summed E-state index contributed by atoms with van der Waals surface area (Å²) in [5.41, 5.74) is 2.81. The summed E-state index contributed by atoms with van der Waals surface area (Å²) >= 11 is 1.92. The molecule has 2 aliphatic rings. The van der Waals surface area contributed by atoms with Crippen LogP contribution in [0.25, 0.3) is 0 Å². The molecule has 0 atom stereocenters. The number of fused-ring (bicyclic) bond motifs is 1. The zero-order valence-electron chi connectivity index (χ0n) is 12.9. The highest BCUT2D eigenvalue weighted by molar-refractivity contribution is 7.12. The molecule has 0 spiro atoms. The first-order chi connectivity index (χ1) is 9.46. The van der Waals surface area contributed by atoms with E-state index in [4.69, 9.17) is 0 Å². The van der Waals surface area contributed by atoms with Crippen LogP contribution in [0.1, 0.15) is 65.7 Å². The number of ketones is 1. The lowest BCUT2D eigenvalue weighted by atomic mass is 9.75. The fourth-order valence-corrected chi connectivity index (χ4v) is 5.06. The van der Waals surface area contributed by atoms with E-state index in [2.05, 4.69) is 18.7 Å². The van der Waals surface area contributed by atoms with Gasteiger partial charge in [-0.25, -0.2) is 0 Å². The third-order valence-corrected chi connectivity index (χ3v) is 6.04. The van der Waals surface area contributed by atoms with Gasteiger partial charge >= 0.3 is 0 Å². The molecule has 1 aliphatic carbocycles. The zero-order chi connectivity index (χ0) is 14.3. The molecule has 3 heteroatoms. The maximum Gasteiger partial charge on any atom is 0.161 e. The molecule has 1 aromatic rings. The number of carbonyl (C=O) groups excluding carboxylic acids is 1. The Morgan fingerprint density at radius 1 is 1.30 bits per heavy atom. The average molecular weight is 291 g/mol. The monoisotopic (exact) mass is 291 g/mol. The van der Waals surface area contributed by atoms with E-state index in [0.29, 0.717) is 5.41 Å². The Hall–Kier alpha value is -0.670. The van der Waals surface area contributed by atoms with Crippen molar-refractivity contribution < 1.29 is 4.79 Å². The molecule has 2 heterocycles. The fourth-order valence-electron chi connectivity index (χ4n) is 3.64. The van der Waals surface area contributed by atoms with E-state index < -0.39 is 0 Å². The number of Topliss-reactive ketones (excluding diaryl/α,β-unsaturated/α-hetero) is 1. The molecule has 0 bridgehead atoms. The summed E-state index contributed by atoms with van der Waals surface area (Å²) in [6.07, 6.45) is 6.11. The van der Waals surface area contributed by atoms with Gasteiger partial charge in [0.15, 0.2) is 5.78 Å². The zero-order valence-corrected chi connectivity index (χ0v) is 13.7. The maximum absolute atomic E-state index is 12.2. The second kappa shape index (κ2) is 5.27. The number of aryl methyl sites for hydroxylation is 1. The topological polar surface area (TPSA) is 20.3 Å². The lowest BCUT2D eigenvalue weighted by Crippen LogP contribution is -2.23. The van der Waals surface area contributed by atoms with Crippen LogP contribution in [0.5, 0.6) is 0 Å². The predicted molar refractivity (Wildman–Crippen MR) is 84.6 cm³/mol. The van der Waals surface area contributed by atoms with Gasteiger partial charge in [-0.3, -0.25) is 9.69 Å². The SMILES string of the molecule is CC(=O)c1c(CN2CCCC2)sc2c1CC(C)(C)CC2. The van der Waals surface area contributed by atoms with Crippen molar-refractivity contribution in [2.75, 3.05) is 13.1 Å². The summed E-state index contributed by atoms with van der Waals surface area (Å²) in [5.74, 6) is 0.273. The van der Waals surface area contributed by atoms with Gasteiger partial charge in [-0.15, -0.1) is 11.3 Å². The van der Waals surface area contributed by atoms with Crippen LogP contribution in [0, 0.1) is 5.41 Å². The summed E-state index contributed by atoms with van der Waals surface area (Å²) < 4.78 is 0. The van der Waals surface area contributed by atoms with Crippen LogP contribution in [0.2, 0.25) is 0 Å². The average Bonchev–Trinajstić information content (AvgIpc) is 2.95. The standard InChI is InChI=1S/C17H25NOS/c1-12(19)16-13-10-17(2,3)7-6-14(13)20-15(16)11-18-8-4-5-9-18/h4-11H2,1-3H3. The molecular weight excluding hydrogens is 266 g/mol. The van der Waals surface area contributed by atoms with Gasteiger partial charge in [-0.05, 0) is 63.1 Å². The van der Waals surface area contributed by atoms with Crippen molar-refractivity contribution in [3.05, 3.63) is 20.9 Å². The molecule has 1 fully saturated rings. The van der Waals surface area contributed by atoms with Crippen LogP contribution < -0.4 is 0 Å². The number of rotatable bonds is 3. The van der Waals surface area contributed by atoms with Gasteiger partial charge in [0.1, 0.15) is 0 Å². The third kappa shape index (κ3) is 2.71. The highest BCUT2D eigenvalue weighted by atomic mass is 32.1. The van der Waals surface area contributed by atoms with Crippen LogP contribution in [0.3, 0.4) is 0 Å². The number of thiophene rings is 1. The Morgan fingerprint density at radius 2 is 2.00 bits per heavy atom. The predicted octanol–water partition coefficient (Wildman–Crippen LogP) is 4.06. The normalized spacial score (nSPS) is 21.9. The molecule has 3 rings (SSSR count). The van der Waals surface area contributed by atoms with E-state index in [0.717, 1.165) is 24.9 Å². The minimum absolute atomic E-state index is 0.273. The molecule has 0 radical (unpaired) electrons. The largest absolute Gasteiger partial charge is 0.298 e. The summed E-state index contributed by atoms with van der Waals surface area (Å²) in [7, 11) is 0. The Balaban J connectivity index is 1.94. The van der Waals surface area contributed by atoms with Crippen molar-refractivity contribution >= 4 is 17.1 Å². The lowest BCUT2D eigenvalue weighted by molar-refractivity contribution is 0.101. The summed E-state index contributed by atoms with van der Waals surface area (Å²) in [5, 5.41) is 0. The number of nitrogens with zero attached hydrogens (tertiary/aromatic N) is 1. The van der Waals surface area contributed by atoms with Gasteiger partial charge in [-0.1, -0.05) is 13.8 Å². The van der Waals surface area contributed by atoms with Crippen molar-refractivity contribution in [3.8, 4) is 0 Å². The minimum Gasteiger partial charge on any atom is -0.298 e. The highest BCUT2D eigenvalue weighted by Crippen LogP contribution is 2.42. The summed E-state index contributed by atoms with van der Waals surface area (Å²) in [4.78, 5) is 17.5. The summed E-state index contributed by atoms with van der Waals surface area (Å²) in [6, 6.07) is 0. The molecule has 110 valence electrons. The first kappa shape index (κ1) is 14.3. The molecule has 0 unspecified atom stereocenters. The van der Waals surface area contributed by atoms with E-state index >= 15 is 0 Å². The molecule has 20 heavy (non-hydrogen) atoms. The van der Waals surface area contributed by atoms with Crippen LogP contribution >= 0.6 is 11.3 Å². The molecular formula is C17H25NOS. The van der Waals surface area contributed by atoms with Crippen LogP contribution in [0.4, 0.5) is 0 Å². The van der Waals surface area contributed by atoms with Crippen LogP contribution in [-0.2, 0) is 19.4 Å². The first-order valence-corrected chi connectivity index (χ1v) is 8.65. The van der Waals surface area contributed by atoms with Gasteiger partial charge in [0.2, 0.25) is 0 Å². The highest BCUT2D eigenvalue weighted by Gasteiger charge is 2.32. The molecule has 0 aromatic carbocycles. The van der Waals surface area contributed by atoms with Gasteiger partial charge in [0.25, 0.3) is 0 Å². The van der Waals surface area contributed by atoms with E-state index in [-0.39, 0.29) is 5.78 Å². The number of hydrogen-bond acceptors (Lipinski definition) is 3. The Labute approximate surface area is 126 Å². The van der Waals surface area contributed by atoms with Crippen molar-refractivity contribution in [2.45, 2.75) is 59.4 Å². The second-order valence-corrected chi connectivity index (χ2v) is 8.37. The fraction of sp³-hybridized carbons (Fsp3) is 0.706. The van der Waals surface area contributed by atoms with Gasteiger partial charge in [0, 0.05) is 21.9 Å². The molecule has 2 nitrogen and oxygen atoms in total. The minimum atomic E-state index is 0.273. The van der Waals surface area contributed by atoms with Gasteiger partial charge < -0.3 is 0 Å². The quantitative estimate of drug-likeness (QED) is 0.783. The van der Waals surface area contributed by atoms with Gasteiger partial charge in [0.05, 0.1) is 0 Å². The molecule has 1 aromatic heterocycles. The van der Waals surface area contributed by atoms with Crippen molar-refractivity contribution in [3.63, 3.8) is 0 Å². The third-order valence-electron chi connectivity index (χ3n) is 4.77. The summed E-state index contributed by atoms with van der Waals surface area (Å²) in [6.45, 7) is 9.80. The number of likely N-dealkylation sites (tertiary alicyclic amines) is 1. The lowest BCUT2D eigenvalue weighted by Gasteiger charge is -2.29. The Morgan fingerprint density at radius 3 is 2.65 bits per heavy atom. The molecule has 0 N–H and O–H groups in total. The number of hydrogen-bond donors (Lipinski definition) is 0. The van der Waals surface area contributed by atoms with E-state index in [1.165, 1.54) is 47.7 Å². The van der Waals surface area contributed by atoms with Gasteiger partial charge in [-0.2, -0.15) is 0 Å². The second-order valence-electron chi connectivity index (χ2n) is 7.18. The number of carbonyl (C=O) groups is 1. The molecule has 0 saturated carbocycles. The first-order valence-electron chi connectivity index (χ1n) is 7.83. The van der Waals surface area contributed by atoms with E-state index in [1.807, 2.05) is 11.3 Å². The van der Waals surface area contributed by atoms with E-state index in [1.54, 1.807) is 6.92 Å². The van der Waals surface area contributed by atoms with Crippen molar-refractivity contribution in [2.24, 2.45) is 5.41 Å². The van der Waals surface area contributed by atoms with Crippen LogP contribution in [0.15, 0.2) is 0 Å². The van der Waals surface area contributed by atoms with Crippen molar-refractivity contribution in [1.29, 1.82) is 0 Å². The van der Waals surface area contributed by atoms with Crippen molar-refractivity contribution in [1.82, 2.24) is 4.90 Å². The molecule has 1 aliphatic heterocycles. The smallest absolute Gasteiger partial charge is 0.161 e. The van der Waals surface area contributed by atoms with Crippen LogP contribution in [-0.4, -0.2) is 23.8 Å². The maximum atomic E-state index is 12.2. The Bertz CT molecular complexity index is 523. The Kier molecular flexibility index (Phi) is 3.76. The molecule has 1 saturated heterocycles.